The van der Waals surface area contributed by atoms with Gasteiger partial charge in [-0.05, 0) is 55.4 Å². The number of esters is 1. The summed E-state index contributed by atoms with van der Waals surface area (Å²) in [6.07, 6.45) is 0.667. The van der Waals surface area contributed by atoms with E-state index in [0.29, 0.717) is 12.0 Å². The summed E-state index contributed by atoms with van der Waals surface area (Å²) in [7, 11) is 0. The zero-order valence-corrected chi connectivity index (χ0v) is 19.2. The monoisotopic (exact) mass is 415 g/mol. The van der Waals surface area contributed by atoms with Crippen LogP contribution in [0.15, 0.2) is 24.3 Å². The predicted molar refractivity (Wildman–Crippen MR) is 118 cm³/mol. The minimum absolute atomic E-state index is 0.0564. The van der Waals surface area contributed by atoms with Crippen LogP contribution in [0.3, 0.4) is 0 Å². The van der Waals surface area contributed by atoms with Crippen molar-refractivity contribution in [2.24, 2.45) is 5.41 Å². The van der Waals surface area contributed by atoms with Crippen LogP contribution < -0.4 is 0 Å². The smallest absolute Gasteiger partial charge is 0.311 e. The number of pyridine rings is 1. The number of aromatic nitrogens is 1. The minimum Gasteiger partial charge on any atom is -0.460 e. The molecule has 1 N–H and O–H groups in total. The molecule has 0 amide bonds. The Morgan fingerprint density at radius 2 is 1.60 bits per heavy atom. The second kappa shape index (κ2) is 9.69. The highest BCUT2D eigenvalue weighted by molar-refractivity contribution is 5.77. The van der Waals surface area contributed by atoms with Gasteiger partial charge in [-0.25, -0.2) is 4.39 Å². The van der Waals surface area contributed by atoms with Crippen molar-refractivity contribution in [3.05, 3.63) is 52.6 Å². The molecule has 2 rings (SSSR count). The van der Waals surface area contributed by atoms with Crippen LogP contribution in [0.2, 0.25) is 0 Å². The van der Waals surface area contributed by atoms with Crippen molar-refractivity contribution in [2.75, 3.05) is 0 Å². The Morgan fingerprint density at radius 3 is 2.07 bits per heavy atom. The Labute approximate surface area is 179 Å². The normalized spacial score (nSPS) is 12.0. The minimum atomic E-state index is -0.584. The molecule has 0 aliphatic carbocycles. The lowest BCUT2D eigenvalue weighted by Crippen LogP contribution is -2.26. The molecular formula is C25H34FNO3. The zero-order chi connectivity index (χ0) is 22.6. The number of hydrogen-bond acceptors (Lipinski definition) is 4. The van der Waals surface area contributed by atoms with E-state index in [9.17, 15) is 14.3 Å². The Bertz CT molecular complexity index is 886. The first-order valence-corrected chi connectivity index (χ1v) is 10.6. The van der Waals surface area contributed by atoms with E-state index in [2.05, 4.69) is 0 Å². The van der Waals surface area contributed by atoms with Gasteiger partial charge in [0.1, 0.15) is 12.4 Å². The van der Waals surface area contributed by atoms with E-state index in [0.717, 1.165) is 28.1 Å². The lowest BCUT2D eigenvalue weighted by Gasteiger charge is -2.25. The molecule has 1 heterocycles. The van der Waals surface area contributed by atoms with Crippen LogP contribution in [0.5, 0.6) is 0 Å². The second-order valence-corrected chi connectivity index (χ2v) is 9.00. The van der Waals surface area contributed by atoms with Gasteiger partial charge in [0.05, 0.1) is 17.7 Å². The van der Waals surface area contributed by atoms with Gasteiger partial charge in [0, 0.05) is 16.8 Å². The highest BCUT2D eigenvalue weighted by Gasteiger charge is 2.29. The Balaban J connectivity index is 2.73. The molecule has 2 aromatic rings. The molecule has 1 aromatic heterocycles. The molecule has 0 saturated heterocycles. The molecule has 0 spiro atoms. The summed E-state index contributed by atoms with van der Waals surface area (Å²) in [6.45, 7) is 13.7. The molecule has 0 aliphatic rings. The number of aliphatic hydroxyl groups is 1. The molecule has 30 heavy (non-hydrogen) atoms. The van der Waals surface area contributed by atoms with E-state index in [4.69, 9.17) is 9.72 Å². The number of carbonyl (C=O) groups excluding carboxylic acids is 1. The number of halogens is 1. The quantitative estimate of drug-likeness (QED) is 0.529. The SMILES string of the molecule is CCC(C)(C)C(=O)OCc1c(C(C)C)nc(C(C)C)c(CO)c1-c1ccc(F)cc1. The van der Waals surface area contributed by atoms with Crippen molar-refractivity contribution in [1.29, 1.82) is 0 Å². The van der Waals surface area contributed by atoms with Gasteiger partial charge in [-0.15, -0.1) is 0 Å². The van der Waals surface area contributed by atoms with E-state index in [-0.39, 0.29) is 36.8 Å². The summed E-state index contributed by atoms with van der Waals surface area (Å²) in [6, 6.07) is 6.19. The first-order chi connectivity index (χ1) is 14.0. The lowest BCUT2D eigenvalue weighted by atomic mass is 9.87. The Hall–Kier alpha value is -2.27. The molecule has 164 valence electrons. The highest BCUT2D eigenvalue weighted by Crippen LogP contribution is 2.37. The van der Waals surface area contributed by atoms with Gasteiger partial charge in [0.15, 0.2) is 0 Å². The summed E-state index contributed by atoms with van der Waals surface area (Å²) in [5.41, 5.74) is 4.07. The fourth-order valence-electron chi connectivity index (χ4n) is 3.41. The first-order valence-electron chi connectivity index (χ1n) is 10.6. The maximum Gasteiger partial charge on any atom is 0.311 e. The fourth-order valence-corrected chi connectivity index (χ4v) is 3.41. The molecule has 1 aromatic carbocycles. The Morgan fingerprint density at radius 1 is 1.07 bits per heavy atom. The van der Waals surface area contributed by atoms with Crippen LogP contribution in [0.1, 0.15) is 89.2 Å². The molecule has 4 nitrogen and oxygen atoms in total. The summed E-state index contributed by atoms with van der Waals surface area (Å²) in [5.74, 6) is -0.422. The number of carbonyl (C=O) groups is 1. The predicted octanol–water partition coefficient (Wildman–Crippen LogP) is 6.11. The van der Waals surface area contributed by atoms with Gasteiger partial charge in [-0.1, -0.05) is 46.8 Å². The van der Waals surface area contributed by atoms with Gasteiger partial charge < -0.3 is 9.84 Å². The van der Waals surface area contributed by atoms with Gasteiger partial charge in [-0.3, -0.25) is 9.78 Å². The van der Waals surface area contributed by atoms with Crippen molar-refractivity contribution in [1.82, 2.24) is 4.98 Å². The largest absolute Gasteiger partial charge is 0.460 e. The van der Waals surface area contributed by atoms with E-state index in [1.807, 2.05) is 48.5 Å². The van der Waals surface area contributed by atoms with Crippen LogP contribution in [-0.4, -0.2) is 16.1 Å². The molecule has 0 unspecified atom stereocenters. The third-order valence-electron chi connectivity index (χ3n) is 5.63. The average Bonchev–Trinajstić information content (AvgIpc) is 2.70. The van der Waals surface area contributed by atoms with Gasteiger partial charge >= 0.3 is 5.97 Å². The van der Waals surface area contributed by atoms with E-state index >= 15 is 0 Å². The molecular weight excluding hydrogens is 381 g/mol. The van der Waals surface area contributed by atoms with E-state index in [1.165, 1.54) is 12.1 Å². The maximum absolute atomic E-state index is 13.6. The number of benzene rings is 1. The van der Waals surface area contributed by atoms with Crippen molar-refractivity contribution >= 4 is 5.97 Å². The number of rotatable bonds is 8. The zero-order valence-electron chi connectivity index (χ0n) is 19.2. The van der Waals surface area contributed by atoms with Crippen LogP contribution in [-0.2, 0) is 22.7 Å². The lowest BCUT2D eigenvalue weighted by molar-refractivity contribution is -0.155. The first kappa shape index (κ1) is 24.0. The molecule has 5 heteroatoms. The van der Waals surface area contributed by atoms with Gasteiger partial charge in [0.2, 0.25) is 0 Å². The van der Waals surface area contributed by atoms with E-state index < -0.39 is 5.41 Å². The summed E-state index contributed by atoms with van der Waals surface area (Å²) in [5, 5.41) is 10.2. The maximum atomic E-state index is 13.6. The molecule has 0 radical (unpaired) electrons. The highest BCUT2D eigenvalue weighted by atomic mass is 19.1. The molecule has 0 atom stereocenters. The number of nitrogens with zero attached hydrogens (tertiary/aromatic N) is 1. The summed E-state index contributed by atoms with van der Waals surface area (Å²) >= 11 is 0. The average molecular weight is 416 g/mol. The third kappa shape index (κ3) is 5.07. The number of hydrogen-bond donors (Lipinski definition) is 1. The topological polar surface area (TPSA) is 59.4 Å². The van der Waals surface area contributed by atoms with Gasteiger partial charge in [-0.2, -0.15) is 0 Å². The standard InChI is InChI=1S/C25H34FNO3/c1-8-25(6,7)24(29)30-14-20-21(17-9-11-18(26)12-10-17)19(13-28)22(15(2)3)27-23(20)16(4)5/h9-12,15-16,28H,8,13-14H2,1-7H3. The second-order valence-electron chi connectivity index (χ2n) is 9.00. The van der Waals surface area contributed by atoms with E-state index in [1.54, 1.807) is 12.1 Å². The van der Waals surface area contributed by atoms with Crippen LogP contribution in [0.25, 0.3) is 11.1 Å². The molecule has 0 aliphatic heterocycles. The molecule has 0 fully saturated rings. The van der Waals surface area contributed by atoms with Crippen LogP contribution in [0.4, 0.5) is 4.39 Å². The van der Waals surface area contributed by atoms with Gasteiger partial charge in [0.25, 0.3) is 0 Å². The Kier molecular flexibility index (Phi) is 7.75. The number of ether oxygens (including phenoxy) is 1. The van der Waals surface area contributed by atoms with Crippen molar-refractivity contribution < 1.29 is 19.0 Å². The van der Waals surface area contributed by atoms with Crippen LogP contribution in [0, 0.1) is 11.2 Å². The molecule has 0 saturated carbocycles. The number of aliphatic hydroxyl groups excluding tert-OH is 1. The third-order valence-corrected chi connectivity index (χ3v) is 5.63. The van der Waals surface area contributed by atoms with Crippen molar-refractivity contribution in [3.8, 4) is 11.1 Å². The van der Waals surface area contributed by atoms with Crippen LogP contribution >= 0.6 is 0 Å². The summed E-state index contributed by atoms with van der Waals surface area (Å²) < 4.78 is 19.3. The van der Waals surface area contributed by atoms with Crippen molar-refractivity contribution in [3.63, 3.8) is 0 Å². The van der Waals surface area contributed by atoms with Crippen molar-refractivity contribution in [2.45, 2.75) is 79.9 Å². The summed E-state index contributed by atoms with van der Waals surface area (Å²) in [4.78, 5) is 17.5. The molecule has 0 bridgehead atoms. The fraction of sp³-hybridized carbons (Fsp3) is 0.520.